The number of piperazine rings is 1. The molecule has 17 heavy (non-hydrogen) atoms. The van der Waals surface area contributed by atoms with Gasteiger partial charge in [0.1, 0.15) is 0 Å². The van der Waals surface area contributed by atoms with E-state index < -0.39 is 9.84 Å². The number of carbonyl (C=O) groups is 1. The van der Waals surface area contributed by atoms with Crippen LogP contribution in [0, 0.1) is 0 Å². The summed E-state index contributed by atoms with van der Waals surface area (Å²) >= 11 is 0. The van der Waals surface area contributed by atoms with E-state index >= 15 is 0 Å². The first-order valence-corrected chi connectivity index (χ1v) is 7.58. The molecule has 0 bridgehead atoms. The molecule has 0 aromatic heterocycles. The number of methoxy groups -OCH3 is 1. The SMILES string of the molecule is COCCC(=O)N1CCN[C@H]2CS(=O)(=O)C[C@H]21. The van der Waals surface area contributed by atoms with Gasteiger partial charge in [-0.25, -0.2) is 8.42 Å². The molecule has 0 saturated carbocycles. The third kappa shape index (κ3) is 2.78. The molecule has 6 nitrogen and oxygen atoms in total. The number of hydrogen-bond acceptors (Lipinski definition) is 5. The van der Waals surface area contributed by atoms with Gasteiger partial charge >= 0.3 is 0 Å². The lowest BCUT2D eigenvalue weighted by atomic mass is 10.1. The van der Waals surface area contributed by atoms with E-state index in [0.29, 0.717) is 26.1 Å². The first-order valence-electron chi connectivity index (χ1n) is 5.76. The molecule has 2 heterocycles. The van der Waals surface area contributed by atoms with Crippen LogP contribution in [0.15, 0.2) is 0 Å². The van der Waals surface area contributed by atoms with E-state index in [-0.39, 0.29) is 29.5 Å². The van der Waals surface area contributed by atoms with Crippen LogP contribution in [0.1, 0.15) is 6.42 Å². The number of hydrogen-bond donors (Lipinski definition) is 1. The van der Waals surface area contributed by atoms with Gasteiger partial charge < -0.3 is 15.0 Å². The molecule has 2 fully saturated rings. The number of fused-ring (bicyclic) bond motifs is 1. The van der Waals surface area contributed by atoms with Gasteiger partial charge in [-0.15, -0.1) is 0 Å². The number of carbonyl (C=O) groups excluding carboxylic acids is 1. The lowest BCUT2D eigenvalue weighted by molar-refractivity contribution is -0.135. The summed E-state index contributed by atoms with van der Waals surface area (Å²) in [5.41, 5.74) is 0. The maximum absolute atomic E-state index is 11.9. The van der Waals surface area contributed by atoms with Crippen molar-refractivity contribution in [2.75, 3.05) is 38.3 Å². The summed E-state index contributed by atoms with van der Waals surface area (Å²) < 4.78 is 28.0. The van der Waals surface area contributed by atoms with Crippen molar-refractivity contribution in [3.8, 4) is 0 Å². The Morgan fingerprint density at radius 2 is 2.24 bits per heavy atom. The van der Waals surface area contributed by atoms with Crippen LogP contribution in [0.3, 0.4) is 0 Å². The highest BCUT2D eigenvalue weighted by Gasteiger charge is 2.44. The maximum Gasteiger partial charge on any atom is 0.225 e. The fourth-order valence-electron chi connectivity index (χ4n) is 2.51. The van der Waals surface area contributed by atoms with Crippen molar-refractivity contribution in [1.29, 1.82) is 0 Å². The molecule has 1 N–H and O–H groups in total. The number of rotatable bonds is 3. The molecule has 2 aliphatic heterocycles. The molecule has 0 aromatic rings. The van der Waals surface area contributed by atoms with Crippen molar-refractivity contribution < 1.29 is 17.9 Å². The number of ether oxygens (including phenoxy) is 1. The summed E-state index contributed by atoms with van der Waals surface area (Å²) in [6.45, 7) is 1.63. The minimum absolute atomic E-state index is 0.0135. The van der Waals surface area contributed by atoms with Crippen molar-refractivity contribution in [3.05, 3.63) is 0 Å². The van der Waals surface area contributed by atoms with Crippen LogP contribution in [0.5, 0.6) is 0 Å². The van der Waals surface area contributed by atoms with E-state index in [1.54, 1.807) is 12.0 Å². The molecule has 98 valence electrons. The highest BCUT2D eigenvalue weighted by atomic mass is 32.2. The maximum atomic E-state index is 11.9. The van der Waals surface area contributed by atoms with Gasteiger partial charge in [0.05, 0.1) is 30.6 Å². The fourth-order valence-corrected chi connectivity index (χ4v) is 4.47. The molecule has 2 saturated heterocycles. The highest BCUT2D eigenvalue weighted by molar-refractivity contribution is 7.91. The molecule has 2 aliphatic rings. The van der Waals surface area contributed by atoms with Crippen LogP contribution in [0.2, 0.25) is 0 Å². The number of nitrogens with one attached hydrogen (secondary N) is 1. The number of nitrogens with zero attached hydrogens (tertiary/aromatic N) is 1. The largest absolute Gasteiger partial charge is 0.384 e. The molecule has 2 rings (SSSR count). The molecule has 0 aliphatic carbocycles. The summed E-state index contributed by atoms with van der Waals surface area (Å²) in [5, 5.41) is 3.17. The lowest BCUT2D eigenvalue weighted by Crippen LogP contribution is -2.59. The highest BCUT2D eigenvalue weighted by Crippen LogP contribution is 2.21. The lowest BCUT2D eigenvalue weighted by Gasteiger charge is -2.37. The van der Waals surface area contributed by atoms with Crippen LogP contribution >= 0.6 is 0 Å². The standard InChI is InChI=1S/C10H18N2O4S/c1-16-5-2-10(13)12-4-3-11-8-6-17(14,15)7-9(8)12/h8-9,11H,2-7H2,1H3/t8-,9+/m0/s1. The average Bonchev–Trinajstić information content (AvgIpc) is 2.59. The van der Waals surface area contributed by atoms with Crippen LogP contribution in [0.4, 0.5) is 0 Å². The van der Waals surface area contributed by atoms with Crippen molar-refractivity contribution in [2.45, 2.75) is 18.5 Å². The zero-order valence-corrected chi connectivity index (χ0v) is 10.7. The summed E-state index contributed by atoms with van der Waals surface area (Å²) in [7, 11) is -1.45. The third-order valence-electron chi connectivity index (χ3n) is 3.32. The first kappa shape index (κ1) is 12.8. The molecule has 1 amide bonds. The van der Waals surface area contributed by atoms with Gasteiger partial charge in [0.25, 0.3) is 0 Å². The average molecular weight is 262 g/mol. The molecular weight excluding hydrogens is 244 g/mol. The minimum Gasteiger partial charge on any atom is -0.384 e. The van der Waals surface area contributed by atoms with Crippen LogP contribution in [0.25, 0.3) is 0 Å². The van der Waals surface area contributed by atoms with Crippen molar-refractivity contribution in [2.24, 2.45) is 0 Å². The summed E-state index contributed by atoms with van der Waals surface area (Å²) in [6.07, 6.45) is 0.319. The topological polar surface area (TPSA) is 75.7 Å². The van der Waals surface area contributed by atoms with Crippen molar-refractivity contribution in [1.82, 2.24) is 10.2 Å². The monoisotopic (exact) mass is 262 g/mol. The Balaban J connectivity index is 2.05. The first-order chi connectivity index (χ1) is 8.03. The molecule has 0 aromatic carbocycles. The second kappa shape index (κ2) is 4.91. The zero-order chi connectivity index (χ0) is 12.5. The zero-order valence-electron chi connectivity index (χ0n) is 9.89. The number of amides is 1. The van der Waals surface area contributed by atoms with Crippen LogP contribution in [-0.2, 0) is 19.4 Å². The van der Waals surface area contributed by atoms with Crippen LogP contribution in [-0.4, -0.2) is 69.6 Å². The van der Waals surface area contributed by atoms with E-state index in [2.05, 4.69) is 5.32 Å². The van der Waals surface area contributed by atoms with E-state index in [4.69, 9.17) is 4.74 Å². The Morgan fingerprint density at radius 1 is 1.47 bits per heavy atom. The minimum atomic E-state index is -3.00. The van der Waals surface area contributed by atoms with Crippen molar-refractivity contribution >= 4 is 15.7 Å². The normalized spacial score (nSPS) is 31.2. The predicted molar refractivity (Wildman–Crippen MR) is 62.4 cm³/mol. The van der Waals surface area contributed by atoms with E-state index in [1.165, 1.54) is 0 Å². The van der Waals surface area contributed by atoms with Gasteiger partial charge in [-0.2, -0.15) is 0 Å². The van der Waals surface area contributed by atoms with Crippen molar-refractivity contribution in [3.63, 3.8) is 0 Å². The van der Waals surface area contributed by atoms with E-state index in [1.807, 2.05) is 0 Å². The Morgan fingerprint density at radius 3 is 2.94 bits per heavy atom. The molecular formula is C10H18N2O4S. The molecule has 2 atom stereocenters. The second-order valence-electron chi connectivity index (χ2n) is 4.53. The Bertz CT molecular complexity index is 395. The summed E-state index contributed by atoms with van der Waals surface area (Å²) in [6, 6.07) is -0.293. The Hall–Kier alpha value is -0.660. The molecule has 0 unspecified atom stereocenters. The summed E-state index contributed by atoms with van der Waals surface area (Å²) in [4.78, 5) is 13.6. The predicted octanol–water partition coefficient (Wildman–Crippen LogP) is -1.38. The van der Waals surface area contributed by atoms with Gasteiger partial charge in [-0.1, -0.05) is 0 Å². The molecule has 0 spiro atoms. The van der Waals surface area contributed by atoms with Gasteiger partial charge in [0.15, 0.2) is 9.84 Å². The Kier molecular flexibility index (Phi) is 3.70. The van der Waals surface area contributed by atoms with Crippen LogP contribution < -0.4 is 5.32 Å². The van der Waals surface area contributed by atoms with Gasteiger partial charge in [-0.3, -0.25) is 4.79 Å². The van der Waals surface area contributed by atoms with Gasteiger partial charge in [0.2, 0.25) is 5.91 Å². The van der Waals surface area contributed by atoms with Gasteiger partial charge in [0, 0.05) is 26.2 Å². The number of sulfone groups is 1. The van der Waals surface area contributed by atoms with E-state index in [0.717, 1.165) is 0 Å². The fraction of sp³-hybridized carbons (Fsp3) is 0.900. The third-order valence-corrected chi connectivity index (χ3v) is 5.04. The molecule has 0 radical (unpaired) electrons. The Labute approximate surface area is 101 Å². The smallest absolute Gasteiger partial charge is 0.225 e. The quantitative estimate of drug-likeness (QED) is 0.678. The summed E-state index contributed by atoms with van der Waals surface area (Å²) in [5.74, 6) is 0.218. The second-order valence-corrected chi connectivity index (χ2v) is 6.69. The van der Waals surface area contributed by atoms with E-state index in [9.17, 15) is 13.2 Å². The molecule has 7 heteroatoms. The van der Waals surface area contributed by atoms with Gasteiger partial charge in [-0.05, 0) is 0 Å².